The summed E-state index contributed by atoms with van der Waals surface area (Å²) in [5.74, 6) is 0.701. The lowest BCUT2D eigenvalue weighted by molar-refractivity contribution is 0.0652. The molecule has 1 fully saturated rings. The molecule has 2 atom stereocenters. The molecule has 2 unspecified atom stereocenters. The van der Waals surface area contributed by atoms with Gasteiger partial charge in [0.05, 0.1) is 6.61 Å². The van der Waals surface area contributed by atoms with Crippen molar-refractivity contribution >= 4 is 0 Å². The Kier molecular flexibility index (Phi) is 5.21. The van der Waals surface area contributed by atoms with Gasteiger partial charge in [-0.15, -0.1) is 0 Å². The predicted molar refractivity (Wildman–Crippen MR) is 75.6 cm³/mol. The van der Waals surface area contributed by atoms with Gasteiger partial charge in [0.15, 0.2) is 0 Å². The van der Waals surface area contributed by atoms with Gasteiger partial charge in [-0.2, -0.15) is 0 Å². The molecule has 2 heteroatoms. The van der Waals surface area contributed by atoms with Crippen molar-refractivity contribution in [2.24, 2.45) is 5.92 Å². The van der Waals surface area contributed by atoms with Gasteiger partial charge in [0.25, 0.3) is 0 Å². The number of rotatable bonds is 5. The van der Waals surface area contributed by atoms with E-state index in [0.29, 0.717) is 18.0 Å². The minimum Gasteiger partial charge on any atom is -0.380 e. The van der Waals surface area contributed by atoms with Crippen LogP contribution in [0.3, 0.4) is 0 Å². The monoisotopic (exact) mass is 247 g/mol. The van der Waals surface area contributed by atoms with Crippen molar-refractivity contribution in [2.45, 2.75) is 45.2 Å². The molecule has 18 heavy (non-hydrogen) atoms. The number of hydrogen-bond acceptors (Lipinski definition) is 2. The second-order valence-electron chi connectivity index (χ2n) is 5.67. The van der Waals surface area contributed by atoms with E-state index in [4.69, 9.17) is 4.74 Å². The van der Waals surface area contributed by atoms with Gasteiger partial charge in [-0.1, -0.05) is 44.2 Å². The van der Waals surface area contributed by atoms with E-state index in [1.807, 2.05) is 0 Å². The van der Waals surface area contributed by atoms with Gasteiger partial charge in [-0.05, 0) is 30.7 Å². The normalized spacial score (nSPS) is 22.1. The number of nitrogens with one attached hydrogen (secondary N) is 1. The highest BCUT2D eigenvalue weighted by Gasteiger charge is 2.20. The summed E-state index contributed by atoms with van der Waals surface area (Å²) < 4.78 is 5.56. The van der Waals surface area contributed by atoms with Crippen LogP contribution in [0.2, 0.25) is 0 Å². The van der Waals surface area contributed by atoms with Crippen LogP contribution in [0, 0.1) is 5.92 Å². The van der Waals surface area contributed by atoms with Crippen molar-refractivity contribution in [3.63, 3.8) is 0 Å². The van der Waals surface area contributed by atoms with E-state index >= 15 is 0 Å². The number of ether oxygens (including phenoxy) is 1. The van der Waals surface area contributed by atoms with Crippen LogP contribution < -0.4 is 5.32 Å². The zero-order chi connectivity index (χ0) is 12.8. The molecule has 1 aliphatic rings. The lowest BCUT2D eigenvalue weighted by Gasteiger charge is -2.29. The zero-order valence-electron chi connectivity index (χ0n) is 11.6. The van der Waals surface area contributed by atoms with Crippen LogP contribution in [-0.2, 0) is 4.74 Å². The lowest BCUT2D eigenvalue weighted by atomic mass is 9.95. The fourth-order valence-electron chi connectivity index (χ4n) is 2.61. The summed E-state index contributed by atoms with van der Waals surface area (Å²) in [6.07, 6.45) is 3.60. The standard InChI is InChI=1S/C16H25NO/c1-13(2)11-16(14-7-4-3-5-8-14)17-15-9-6-10-18-12-15/h3-5,7-8,13,15-17H,6,9-12H2,1-2H3. The SMILES string of the molecule is CC(C)CC(NC1CCCOC1)c1ccccc1. The number of benzene rings is 1. The molecule has 1 aromatic rings. The topological polar surface area (TPSA) is 21.3 Å². The van der Waals surface area contributed by atoms with Gasteiger partial charge in [0.1, 0.15) is 0 Å². The van der Waals surface area contributed by atoms with Gasteiger partial charge in [0, 0.05) is 18.7 Å². The maximum atomic E-state index is 5.56. The van der Waals surface area contributed by atoms with Gasteiger partial charge < -0.3 is 10.1 Å². The van der Waals surface area contributed by atoms with Crippen molar-refractivity contribution in [3.8, 4) is 0 Å². The molecule has 1 N–H and O–H groups in total. The number of hydrogen-bond donors (Lipinski definition) is 1. The molecule has 0 saturated carbocycles. The molecule has 1 aromatic carbocycles. The molecule has 0 spiro atoms. The van der Waals surface area contributed by atoms with Crippen molar-refractivity contribution in [2.75, 3.05) is 13.2 Å². The molecule has 2 rings (SSSR count). The van der Waals surface area contributed by atoms with Crippen molar-refractivity contribution in [1.82, 2.24) is 5.32 Å². The molecule has 2 nitrogen and oxygen atoms in total. The Bertz CT molecular complexity index is 330. The third-order valence-corrected chi connectivity index (χ3v) is 3.51. The zero-order valence-corrected chi connectivity index (χ0v) is 11.6. The van der Waals surface area contributed by atoms with Crippen LogP contribution in [0.1, 0.15) is 44.7 Å². The van der Waals surface area contributed by atoms with E-state index in [-0.39, 0.29) is 0 Å². The Morgan fingerprint density at radius 3 is 2.67 bits per heavy atom. The third-order valence-electron chi connectivity index (χ3n) is 3.51. The first-order chi connectivity index (χ1) is 8.75. The third kappa shape index (κ3) is 4.11. The molecule has 0 aromatic heterocycles. The van der Waals surface area contributed by atoms with Crippen molar-refractivity contribution < 1.29 is 4.74 Å². The molecule has 1 heterocycles. The van der Waals surface area contributed by atoms with E-state index in [1.165, 1.54) is 24.8 Å². The van der Waals surface area contributed by atoms with Crippen LogP contribution >= 0.6 is 0 Å². The molecule has 1 aliphatic heterocycles. The summed E-state index contributed by atoms with van der Waals surface area (Å²) >= 11 is 0. The first-order valence-electron chi connectivity index (χ1n) is 7.14. The summed E-state index contributed by atoms with van der Waals surface area (Å²) in [5.41, 5.74) is 1.40. The molecule has 0 aliphatic carbocycles. The molecular weight excluding hydrogens is 222 g/mol. The summed E-state index contributed by atoms with van der Waals surface area (Å²) in [4.78, 5) is 0. The fourth-order valence-corrected chi connectivity index (χ4v) is 2.61. The maximum Gasteiger partial charge on any atom is 0.0619 e. The van der Waals surface area contributed by atoms with E-state index in [2.05, 4.69) is 49.5 Å². The second-order valence-corrected chi connectivity index (χ2v) is 5.67. The second kappa shape index (κ2) is 6.91. The maximum absolute atomic E-state index is 5.56. The van der Waals surface area contributed by atoms with Gasteiger partial charge in [-0.3, -0.25) is 0 Å². The summed E-state index contributed by atoms with van der Waals surface area (Å²) in [6.45, 7) is 6.36. The van der Waals surface area contributed by atoms with Gasteiger partial charge in [0.2, 0.25) is 0 Å². The average Bonchev–Trinajstić information content (AvgIpc) is 2.40. The highest BCUT2D eigenvalue weighted by atomic mass is 16.5. The Balaban J connectivity index is 2.00. The van der Waals surface area contributed by atoms with Crippen molar-refractivity contribution in [1.29, 1.82) is 0 Å². The molecule has 0 bridgehead atoms. The summed E-state index contributed by atoms with van der Waals surface area (Å²) in [6, 6.07) is 11.8. The van der Waals surface area contributed by atoms with Gasteiger partial charge >= 0.3 is 0 Å². The highest BCUT2D eigenvalue weighted by molar-refractivity contribution is 5.19. The van der Waals surface area contributed by atoms with Crippen LogP contribution in [0.4, 0.5) is 0 Å². The Morgan fingerprint density at radius 2 is 2.06 bits per heavy atom. The molecular formula is C16H25NO. The lowest BCUT2D eigenvalue weighted by Crippen LogP contribution is -2.39. The van der Waals surface area contributed by atoms with E-state index < -0.39 is 0 Å². The minimum atomic E-state index is 0.456. The fraction of sp³-hybridized carbons (Fsp3) is 0.625. The average molecular weight is 247 g/mol. The molecule has 0 radical (unpaired) electrons. The highest BCUT2D eigenvalue weighted by Crippen LogP contribution is 2.23. The van der Waals surface area contributed by atoms with Crippen LogP contribution in [0.25, 0.3) is 0 Å². The van der Waals surface area contributed by atoms with E-state index in [0.717, 1.165) is 13.2 Å². The van der Waals surface area contributed by atoms with E-state index in [1.54, 1.807) is 0 Å². The summed E-state index contributed by atoms with van der Waals surface area (Å²) in [5, 5.41) is 3.78. The summed E-state index contributed by atoms with van der Waals surface area (Å²) in [7, 11) is 0. The first-order valence-corrected chi connectivity index (χ1v) is 7.14. The van der Waals surface area contributed by atoms with Crippen LogP contribution in [-0.4, -0.2) is 19.3 Å². The quantitative estimate of drug-likeness (QED) is 0.859. The minimum absolute atomic E-state index is 0.456. The molecule has 0 amide bonds. The van der Waals surface area contributed by atoms with Crippen molar-refractivity contribution in [3.05, 3.63) is 35.9 Å². The molecule has 1 saturated heterocycles. The largest absolute Gasteiger partial charge is 0.380 e. The Labute approximate surface area is 111 Å². The first kappa shape index (κ1) is 13.6. The van der Waals surface area contributed by atoms with Crippen LogP contribution in [0.15, 0.2) is 30.3 Å². The van der Waals surface area contributed by atoms with Crippen LogP contribution in [0.5, 0.6) is 0 Å². The smallest absolute Gasteiger partial charge is 0.0619 e. The molecule has 100 valence electrons. The Morgan fingerprint density at radius 1 is 1.28 bits per heavy atom. The van der Waals surface area contributed by atoms with E-state index in [9.17, 15) is 0 Å². The van der Waals surface area contributed by atoms with Gasteiger partial charge in [-0.25, -0.2) is 0 Å². The predicted octanol–water partition coefficient (Wildman–Crippen LogP) is 3.54. The Hall–Kier alpha value is -0.860.